The molecule has 0 spiro atoms. The van der Waals surface area contributed by atoms with E-state index in [1.54, 1.807) is 12.1 Å². The van der Waals surface area contributed by atoms with Crippen LogP contribution in [0.5, 0.6) is 0 Å². The topological polar surface area (TPSA) is 46.2 Å². The second-order valence-corrected chi connectivity index (χ2v) is 4.96. The summed E-state index contributed by atoms with van der Waals surface area (Å²) in [6, 6.07) is 18.7. The number of hydrogen-bond donors (Lipinski definition) is 1. The van der Waals surface area contributed by atoms with Crippen molar-refractivity contribution in [2.24, 2.45) is 0 Å². The Balaban J connectivity index is 2.07. The Kier molecular flexibility index (Phi) is 3.65. The van der Waals surface area contributed by atoms with Crippen LogP contribution in [0.2, 0.25) is 0 Å². The maximum Gasteiger partial charge on any atom is 0.224 e. The molecule has 21 heavy (non-hydrogen) atoms. The van der Waals surface area contributed by atoms with E-state index in [1.807, 2.05) is 48.5 Å². The van der Waals surface area contributed by atoms with Crippen molar-refractivity contribution in [3.63, 3.8) is 0 Å². The van der Waals surface area contributed by atoms with Crippen LogP contribution < -0.4 is 5.32 Å². The number of nitrogens with one attached hydrogen (secondary N) is 1. The monoisotopic (exact) mass is 277 g/mol. The summed E-state index contributed by atoms with van der Waals surface area (Å²) in [5, 5.41) is 2.85. The van der Waals surface area contributed by atoms with Gasteiger partial charge in [-0.15, -0.1) is 0 Å². The van der Waals surface area contributed by atoms with E-state index in [9.17, 15) is 9.59 Å². The molecule has 1 heterocycles. The van der Waals surface area contributed by atoms with E-state index in [0.29, 0.717) is 29.7 Å². The van der Waals surface area contributed by atoms with Crippen LogP contribution in [-0.4, -0.2) is 11.7 Å². The SMILES string of the molecule is O=C1CCC(C(=O)c2ccccc2)=C(c2ccccc2)N1. The van der Waals surface area contributed by atoms with Crippen molar-refractivity contribution in [3.05, 3.63) is 77.4 Å². The highest BCUT2D eigenvalue weighted by Crippen LogP contribution is 2.26. The molecule has 0 aliphatic carbocycles. The molecule has 0 aromatic heterocycles. The van der Waals surface area contributed by atoms with Gasteiger partial charge in [-0.05, 0) is 12.0 Å². The number of carbonyl (C=O) groups excluding carboxylic acids is 2. The van der Waals surface area contributed by atoms with Gasteiger partial charge in [0.1, 0.15) is 0 Å². The molecule has 3 rings (SSSR count). The number of benzene rings is 2. The second kappa shape index (κ2) is 5.75. The first-order valence-electron chi connectivity index (χ1n) is 6.94. The summed E-state index contributed by atoms with van der Waals surface area (Å²) >= 11 is 0. The first kappa shape index (κ1) is 13.3. The van der Waals surface area contributed by atoms with Crippen molar-refractivity contribution < 1.29 is 9.59 Å². The molecule has 3 heteroatoms. The van der Waals surface area contributed by atoms with E-state index in [1.165, 1.54) is 0 Å². The fourth-order valence-corrected chi connectivity index (χ4v) is 2.48. The van der Waals surface area contributed by atoms with Crippen LogP contribution >= 0.6 is 0 Å². The summed E-state index contributed by atoms with van der Waals surface area (Å²) in [6.07, 6.45) is 0.827. The van der Waals surface area contributed by atoms with Crippen LogP contribution in [0.4, 0.5) is 0 Å². The van der Waals surface area contributed by atoms with Crippen LogP contribution in [0.1, 0.15) is 28.8 Å². The lowest BCUT2D eigenvalue weighted by Gasteiger charge is -2.20. The molecule has 0 radical (unpaired) electrons. The quantitative estimate of drug-likeness (QED) is 0.876. The minimum absolute atomic E-state index is 0.0190. The molecule has 0 saturated carbocycles. The molecule has 2 aromatic rings. The number of ketones is 1. The molecule has 0 saturated heterocycles. The highest BCUT2D eigenvalue weighted by Gasteiger charge is 2.24. The van der Waals surface area contributed by atoms with Gasteiger partial charge in [-0.25, -0.2) is 0 Å². The number of Topliss-reactive ketones (excluding diaryl/α,β-unsaturated/α-hetero) is 1. The Labute approximate surface area is 123 Å². The summed E-state index contributed by atoms with van der Waals surface area (Å²) in [5.41, 5.74) is 2.83. The van der Waals surface area contributed by atoms with Gasteiger partial charge in [0.2, 0.25) is 5.91 Å². The minimum Gasteiger partial charge on any atom is -0.325 e. The highest BCUT2D eigenvalue weighted by atomic mass is 16.2. The van der Waals surface area contributed by atoms with Crippen molar-refractivity contribution in [2.75, 3.05) is 0 Å². The molecule has 2 aromatic carbocycles. The van der Waals surface area contributed by atoms with E-state index in [2.05, 4.69) is 5.32 Å². The summed E-state index contributed by atoms with van der Waals surface area (Å²) < 4.78 is 0. The first-order chi connectivity index (χ1) is 10.3. The predicted octanol–water partition coefficient (Wildman–Crippen LogP) is 3.19. The summed E-state index contributed by atoms with van der Waals surface area (Å²) in [7, 11) is 0. The third-order valence-corrected chi connectivity index (χ3v) is 3.54. The lowest BCUT2D eigenvalue weighted by atomic mass is 9.92. The maximum absolute atomic E-state index is 12.7. The lowest BCUT2D eigenvalue weighted by molar-refractivity contribution is -0.120. The third-order valence-electron chi connectivity index (χ3n) is 3.54. The van der Waals surface area contributed by atoms with E-state index >= 15 is 0 Å². The van der Waals surface area contributed by atoms with Crippen LogP contribution in [0, 0.1) is 0 Å². The largest absolute Gasteiger partial charge is 0.325 e. The zero-order valence-electron chi connectivity index (χ0n) is 11.5. The zero-order chi connectivity index (χ0) is 14.7. The average molecular weight is 277 g/mol. The number of hydrogen-bond acceptors (Lipinski definition) is 2. The Morgan fingerprint density at radius 3 is 2.14 bits per heavy atom. The molecule has 1 aliphatic heterocycles. The van der Waals surface area contributed by atoms with Crippen LogP contribution in [0.3, 0.4) is 0 Å². The molecule has 0 bridgehead atoms. The third kappa shape index (κ3) is 2.77. The van der Waals surface area contributed by atoms with Crippen molar-refractivity contribution in [1.29, 1.82) is 0 Å². The Morgan fingerprint density at radius 1 is 0.857 bits per heavy atom. The molecule has 0 fully saturated rings. The van der Waals surface area contributed by atoms with Crippen LogP contribution in [-0.2, 0) is 4.79 Å². The van der Waals surface area contributed by atoms with Crippen molar-refractivity contribution in [3.8, 4) is 0 Å². The van der Waals surface area contributed by atoms with Crippen molar-refractivity contribution in [2.45, 2.75) is 12.8 Å². The molecule has 3 nitrogen and oxygen atoms in total. The van der Waals surface area contributed by atoms with Crippen LogP contribution in [0.15, 0.2) is 66.2 Å². The number of amides is 1. The van der Waals surface area contributed by atoms with Gasteiger partial charge in [0.05, 0.1) is 5.70 Å². The van der Waals surface area contributed by atoms with E-state index in [-0.39, 0.29) is 11.7 Å². The van der Waals surface area contributed by atoms with Crippen molar-refractivity contribution >= 4 is 17.4 Å². The van der Waals surface area contributed by atoms with E-state index < -0.39 is 0 Å². The van der Waals surface area contributed by atoms with E-state index in [4.69, 9.17) is 0 Å². The second-order valence-electron chi connectivity index (χ2n) is 4.96. The molecule has 104 valence electrons. The van der Waals surface area contributed by atoms with Gasteiger partial charge in [0, 0.05) is 17.6 Å². The fourth-order valence-electron chi connectivity index (χ4n) is 2.48. The smallest absolute Gasteiger partial charge is 0.224 e. The lowest BCUT2D eigenvalue weighted by Crippen LogP contribution is -2.29. The van der Waals surface area contributed by atoms with Crippen molar-refractivity contribution in [1.82, 2.24) is 5.32 Å². The van der Waals surface area contributed by atoms with Gasteiger partial charge in [-0.1, -0.05) is 60.7 Å². The summed E-state index contributed by atoms with van der Waals surface area (Å²) in [6.45, 7) is 0. The molecule has 1 N–H and O–H groups in total. The summed E-state index contributed by atoms with van der Waals surface area (Å²) in [5.74, 6) is -0.0621. The Morgan fingerprint density at radius 2 is 1.48 bits per heavy atom. The highest BCUT2D eigenvalue weighted by molar-refractivity contribution is 6.15. The van der Waals surface area contributed by atoms with Gasteiger partial charge in [-0.2, -0.15) is 0 Å². The maximum atomic E-state index is 12.7. The minimum atomic E-state index is -0.0431. The molecule has 0 atom stereocenters. The standard InChI is InChI=1S/C18H15NO2/c20-16-12-11-15(18(21)14-9-5-2-6-10-14)17(19-16)13-7-3-1-4-8-13/h1-10H,11-12H2,(H,19,20). The number of rotatable bonds is 3. The van der Waals surface area contributed by atoms with Crippen LogP contribution in [0.25, 0.3) is 5.70 Å². The molecular weight excluding hydrogens is 262 g/mol. The van der Waals surface area contributed by atoms with Gasteiger partial charge < -0.3 is 5.32 Å². The average Bonchev–Trinajstić information content (AvgIpc) is 2.56. The van der Waals surface area contributed by atoms with Gasteiger partial charge in [0.25, 0.3) is 0 Å². The van der Waals surface area contributed by atoms with E-state index in [0.717, 1.165) is 5.56 Å². The van der Waals surface area contributed by atoms with Gasteiger partial charge in [-0.3, -0.25) is 9.59 Å². The van der Waals surface area contributed by atoms with Gasteiger partial charge in [0.15, 0.2) is 5.78 Å². The normalized spacial score (nSPS) is 14.8. The molecule has 0 unspecified atom stereocenters. The number of carbonyl (C=O) groups is 2. The Bertz CT molecular complexity index is 703. The fraction of sp³-hybridized carbons (Fsp3) is 0.111. The first-order valence-corrected chi connectivity index (χ1v) is 6.94. The Hall–Kier alpha value is -2.68. The van der Waals surface area contributed by atoms with Gasteiger partial charge >= 0.3 is 0 Å². The molecular formula is C18H15NO2. The number of allylic oxidation sites excluding steroid dienone is 1. The zero-order valence-corrected chi connectivity index (χ0v) is 11.5. The molecule has 1 aliphatic rings. The molecule has 1 amide bonds. The summed E-state index contributed by atoms with van der Waals surface area (Å²) in [4.78, 5) is 24.4. The predicted molar refractivity (Wildman–Crippen MR) is 81.5 cm³/mol.